The fourth-order valence-corrected chi connectivity index (χ4v) is 2.15. The summed E-state index contributed by atoms with van der Waals surface area (Å²) in [4.78, 5) is 16.3. The summed E-state index contributed by atoms with van der Waals surface area (Å²) in [5.74, 6) is 0.822. The summed E-state index contributed by atoms with van der Waals surface area (Å²) in [6, 6.07) is 0. The molecule has 1 aromatic rings. The Morgan fingerprint density at radius 3 is 2.76 bits per heavy atom. The van der Waals surface area contributed by atoms with Gasteiger partial charge in [0.15, 0.2) is 5.13 Å². The van der Waals surface area contributed by atoms with Crippen molar-refractivity contribution in [3.05, 3.63) is 4.88 Å². The molecule has 1 heterocycles. The molecule has 6 heteroatoms. The van der Waals surface area contributed by atoms with Crippen LogP contribution in [0.25, 0.3) is 0 Å². The van der Waals surface area contributed by atoms with E-state index in [1.165, 1.54) is 11.3 Å². The van der Waals surface area contributed by atoms with Gasteiger partial charge in [-0.25, -0.2) is 4.98 Å². The Kier molecular flexibility index (Phi) is 5.21. The molecule has 1 rings (SSSR count). The second kappa shape index (κ2) is 6.44. The molecule has 1 amide bonds. The molecule has 0 saturated carbocycles. The maximum atomic E-state index is 11.8. The zero-order valence-corrected chi connectivity index (χ0v) is 11.4. The number of hydrogen-bond acceptors (Lipinski definition) is 5. The van der Waals surface area contributed by atoms with Crippen molar-refractivity contribution in [1.82, 2.24) is 10.3 Å². The number of nitrogens with two attached hydrogens (primary N) is 1. The Morgan fingerprint density at radius 2 is 2.24 bits per heavy atom. The van der Waals surface area contributed by atoms with E-state index in [0.29, 0.717) is 28.3 Å². The van der Waals surface area contributed by atoms with E-state index in [1.807, 2.05) is 0 Å². The summed E-state index contributed by atoms with van der Waals surface area (Å²) in [5, 5.41) is 6.39. The van der Waals surface area contributed by atoms with Crippen molar-refractivity contribution >= 4 is 28.2 Å². The fourth-order valence-electron chi connectivity index (χ4n) is 1.39. The molecule has 0 radical (unpaired) electrons. The molecule has 0 aliphatic rings. The van der Waals surface area contributed by atoms with Crippen LogP contribution in [-0.2, 0) is 0 Å². The van der Waals surface area contributed by atoms with Crippen LogP contribution in [0, 0.1) is 5.92 Å². The number of nitrogens with one attached hydrogen (secondary N) is 2. The summed E-state index contributed by atoms with van der Waals surface area (Å²) < 4.78 is 0. The molecule has 0 aliphatic carbocycles. The summed E-state index contributed by atoms with van der Waals surface area (Å²) in [6.07, 6.45) is 2.10. The largest absolute Gasteiger partial charge is 0.382 e. The normalized spacial score (nSPS) is 10.6. The topological polar surface area (TPSA) is 80.0 Å². The van der Waals surface area contributed by atoms with E-state index in [-0.39, 0.29) is 5.91 Å². The third-order valence-electron chi connectivity index (χ3n) is 2.32. The first-order valence-electron chi connectivity index (χ1n) is 5.76. The number of carbonyl (C=O) groups excluding carboxylic acids is 1. The van der Waals surface area contributed by atoms with Crippen LogP contribution in [0.1, 0.15) is 36.4 Å². The van der Waals surface area contributed by atoms with E-state index in [2.05, 4.69) is 29.5 Å². The first kappa shape index (κ1) is 13.8. The minimum absolute atomic E-state index is 0.134. The van der Waals surface area contributed by atoms with E-state index >= 15 is 0 Å². The second-order valence-electron chi connectivity index (χ2n) is 4.28. The number of hydrogen-bond donors (Lipinski definition) is 3. The Morgan fingerprint density at radius 1 is 1.53 bits per heavy atom. The number of rotatable bonds is 6. The maximum absolute atomic E-state index is 11.8. The first-order chi connectivity index (χ1) is 8.04. The second-order valence-corrected chi connectivity index (χ2v) is 5.27. The molecule has 4 N–H and O–H groups in total. The van der Waals surface area contributed by atoms with Gasteiger partial charge in [0.05, 0.1) is 0 Å². The Balaban J connectivity index is 2.44. The predicted molar refractivity (Wildman–Crippen MR) is 72.5 cm³/mol. The number of carbonyl (C=O) groups is 1. The van der Waals surface area contributed by atoms with Crippen LogP contribution in [0.4, 0.5) is 10.9 Å². The van der Waals surface area contributed by atoms with Gasteiger partial charge in [-0.15, -0.1) is 0 Å². The highest BCUT2D eigenvalue weighted by Gasteiger charge is 2.14. The van der Waals surface area contributed by atoms with Crippen molar-refractivity contribution in [3.63, 3.8) is 0 Å². The Hall–Kier alpha value is -1.30. The van der Waals surface area contributed by atoms with Gasteiger partial charge in [0.1, 0.15) is 10.7 Å². The molecule has 17 heavy (non-hydrogen) atoms. The maximum Gasteiger partial charge on any atom is 0.265 e. The van der Waals surface area contributed by atoms with Gasteiger partial charge in [-0.1, -0.05) is 25.2 Å². The van der Waals surface area contributed by atoms with Gasteiger partial charge >= 0.3 is 0 Å². The van der Waals surface area contributed by atoms with E-state index < -0.39 is 0 Å². The standard InChI is InChI=1S/C11H20N4OS/c1-7(2)5-4-6-14-10(16)8-9(12)15-11(13-3)17-8/h7H,4-6,12H2,1-3H3,(H,13,15)(H,14,16). The highest BCUT2D eigenvalue weighted by molar-refractivity contribution is 7.18. The molecule has 1 aromatic heterocycles. The van der Waals surface area contributed by atoms with Gasteiger partial charge < -0.3 is 16.4 Å². The molecule has 0 atom stereocenters. The van der Waals surface area contributed by atoms with Crippen molar-refractivity contribution in [2.75, 3.05) is 24.6 Å². The third-order valence-corrected chi connectivity index (χ3v) is 3.40. The summed E-state index contributed by atoms with van der Waals surface area (Å²) in [6.45, 7) is 5.02. The molecule has 5 nitrogen and oxygen atoms in total. The Labute approximate surface area is 106 Å². The lowest BCUT2D eigenvalue weighted by atomic mass is 10.1. The van der Waals surface area contributed by atoms with Gasteiger partial charge in [-0.2, -0.15) is 0 Å². The van der Waals surface area contributed by atoms with Crippen LogP contribution in [0.15, 0.2) is 0 Å². The number of nitrogen functional groups attached to an aromatic ring is 1. The number of amides is 1. The highest BCUT2D eigenvalue weighted by atomic mass is 32.1. The average molecular weight is 256 g/mol. The van der Waals surface area contributed by atoms with Crippen molar-refractivity contribution in [2.24, 2.45) is 5.92 Å². The summed E-state index contributed by atoms with van der Waals surface area (Å²) >= 11 is 1.27. The van der Waals surface area contributed by atoms with Gasteiger partial charge in [0.25, 0.3) is 5.91 Å². The van der Waals surface area contributed by atoms with E-state index in [9.17, 15) is 4.79 Å². The Bertz CT molecular complexity index is 376. The van der Waals surface area contributed by atoms with Crippen LogP contribution in [0.2, 0.25) is 0 Å². The quantitative estimate of drug-likeness (QED) is 0.679. The first-order valence-corrected chi connectivity index (χ1v) is 6.58. The van der Waals surface area contributed by atoms with Crippen LogP contribution >= 0.6 is 11.3 Å². The molecule has 0 bridgehead atoms. The number of thiazole rings is 1. The SMILES string of the molecule is CNc1nc(N)c(C(=O)NCCCC(C)C)s1. The predicted octanol–water partition coefficient (Wildman–Crippen LogP) is 1.93. The third kappa shape index (κ3) is 4.22. The smallest absolute Gasteiger partial charge is 0.265 e. The molecule has 0 unspecified atom stereocenters. The van der Waals surface area contributed by atoms with Crippen molar-refractivity contribution in [2.45, 2.75) is 26.7 Å². The van der Waals surface area contributed by atoms with Crippen LogP contribution in [-0.4, -0.2) is 24.5 Å². The van der Waals surface area contributed by atoms with Crippen molar-refractivity contribution < 1.29 is 4.79 Å². The van der Waals surface area contributed by atoms with Gasteiger partial charge in [0.2, 0.25) is 0 Å². The van der Waals surface area contributed by atoms with Crippen LogP contribution < -0.4 is 16.4 Å². The monoisotopic (exact) mass is 256 g/mol. The minimum Gasteiger partial charge on any atom is -0.382 e. The van der Waals surface area contributed by atoms with Gasteiger partial charge in [0, 0.05) is 13.6 Å². The van der Waals surface area contributed by atoms with E-state index in [0.717, 1.165) is 12.8 Å². The van der Waals surface area contributed by atoms with E-state index in [1.54, 1.807) is 7.05 Å². The molecule has 0 aromatic carbocycles. The van der Waals surface area contributed by atoms with Gasteiger partial charge in [-0.3, -0.25) is 4.79 Å². The van der Waals surface area contributed by atoms with Crippen LogP contribution in [0.3, 0.4) is 0 Å². The lowest BCUT2D eigenvalue weighted by molar-refractivity contribution is 0.0957. The zero-order valence-electron chi connectivity index (χ0n) is 10.5. The molecular weight excluding hydrogens is 236 g/mol. The lowest BCUT2D eigenvalue weighted by Gasteiger charge is -2.05. The highest BCUT2D eigenvalue weighted by Crippen LogP contribution is 2.24. The van der Waals surface area contributed by atoms with Crippen molar-refractivity contribution in [1.29, 1.82) is 0 Å². The molecular formula is C11H20N4OS. The molecule has 0 saturated heterocycles. The number of nitrogens with zero attached hydrogens (tertiary/aromatic N) is 1. The average Bonchev–Trinajstić information content (AvgIpc) is 2.65. The van der Waals surface area contributed by atoms with Crippen LogP contribution in [0.5, 0.6) is 0 Å². The zero-order chi connectivity index (χ0) is 12.8. The number of aromatic nitrogens is 1. The lowest BCUT2D eigenvalue weighted by Crippen LogP contribution is -2.24. The fraction of sp³-hybridized carbons (Fsp3) is 0.636. The number of anilines is 2. The van der Waals surface area contributed by atoms with E-state index in [4.69, 9.17) is 5.73 Å². The summed E-state index contributed by atoms with van der Waals surface area (Å²) in [5.41, 5.74) is 5.67. The molecule has 0 fully saturated rings. The van der Waals surface area contributed by atoms with Gasteiger partial charge in [-0.05, 0) is 18.8 Å². The summed E-state index contributed by atoms with van der Waals surface area (Å²) in [7, 11) is 1.75. The molecule has 0 aliphatic heterocycles. The van der Waals surface area contributed by atoms with Crippen molar-refractivity contribution in [3.8, 4) is 0 Å². The molecule has 0 spiro atoms. The minimum atomic E-state index is -0.134. The molecule has 96 valence electrons.